The van der Waals surface area contributed by atoms with Crippen molar-refractivity contribution in [2.24, 2.45) is 0 Å². The number of halogens is 3. The molecular weight excluding hydrogens is 948 g/mol. The molecule has 0 N–H and O–H groups in total. The second-order valence-corrected chi connectivity index (χ2v) is 19.9. The third kappa shape index (κ3) is 12.8. The third-order valence-electron chi connectivity index (χ3n) is 12.3. The molecule has 0 aliphatic rings. The summed E-state index contributed by atoms with van der Waals surface area (Å²) in [5, 5.41) is 1.45. The van der Waals surface area contributed by atoms with Gasteiger partial charge in [-0.25, -0.2) is 0 Å². The molecule has 0 aliphatic heterocycles. The second-order valence-electron chi connectivity index (χ2n) is 18.2. The summed E-state index contributed by atoms with van der Waals surface area (Å²) in [6.45, 7) is 21.4. The number of rotatable bonds is 8. The number of benzene rings is 9. The van der Waals surface area contributed by atoms with Gasteiger partial charge in [-0.2, -0.15) is 0 Å². The monoisotopic (exact) mass is 1010 g/mol. The first-order valence-corrected chi connectivity index (χ1v) is 24.9. The lowest BCUT2D eigenvalue weighted by atomic mass is 9.97. The Hall–Kier alpha value is -6.36. The van der Waals surface area contributed by atoms with Gasteiger partial charge in [-0.1, -0.05) is 164 Å². The Morgan fingerprint density at radius 1 is 0.290 bits per heavy atom. The van der Waals surface area contributed by atoms with Crippen molar-refractivity contribution in [3.05, 3.63) is 258 Å². The number of nitrogens with zero attached hydrogens (tertiary/aromatic N) is 2. The second kappa shape index (κ2) is 22.8. The zero-order chi connectivity index (χ0) is 49.4. The standard InChI is InChI=1S/C36H35N.C20H17Cl2N.C8H9Br/c1-24-7-18-34(27(4)21-24)30-10-14-32(15-11-30)37(36-20-9-26(3)23-29(36)6)33-16-12-31(13-17-33)35-19-8-25(2)22-28(35)5;1-14-3-12-20(15(2)13-14)23(18-8-4-16(21)5-9-18)19-10-6-17(22)7-11-19;1-6-3-4-8(9)7(2)5-6/h7-23H,1-6H3;3-13H,1-2H3;3-5H,1-2H3. The normalized spacial score (nSPS) is 10.7. The maximum Gasteiger partial charge on any atom is 0.0490 e. The van der Waals surface area contributed by atoms with Crippen molar-refractivity contribution >= 4 is 73.3 Å². The lowest BCUT2D eigenvalue weighted by molar-refractivity contribution is 1.24. The van der Waals surface area contributed by atoms with E-state index in [1.807, 2.05) is 48.5 Å². The molecule has 0 fully saturated rings. The minimum absolute atomic E-state index is 0.727. The summed E-state index contributed by atoms with van der Waals surface area (Å²) < 4.78 is 1.19. The Kier molecular flexibility index (Phi) is 16.7. The van der Waals surface area contributed by atoms with Gasteiger partial charge in [-0.3, -0.25) is 0 Å². The molecule has 348 valence electrons. The summed E-state index contributed by atoms with van der Waals surface area (Å²) in [5.74, 6) is 0. The molecule has 0 atom stereocenters. The van der Waals surface area contributed by atoms with E-state index in [0.29, 0.717) is 0 Å². The van der Waals surface area contributed by atoms with Crippen molar-refractivity contribution in [1.82, 2.24) is 0 Å². The van der Waals surface area contributed by atoms with Crippen molar-refractivity contribution in [1.29, 1.82) is 0 Å². The van der Waals surface area contributed by atoms with Crippen LogP contribution in [0.3, 0.4) is 0 Å². The van der Waals surface area contributed by atoms with Gasteiger partial charge in [-0.15, -0.1) is 0 Å². The molecule has 9 aromatic carbocycles. The topological polar surface area (TPSA) is 6.48 Å². The molecular formula is C64H61BrCl2N2. The van der Waals surface area contributed by atoms with Gasteiger partial charge in [-0.05, 0) is 210 Å². The molecule has 9 aromatic rings. The Balaban J connectivity index is 0.000000185. The molecule has 0 saturated heterocycles. The fourth-order valence-corrected chi connectivity index (χ4v) is 9.30. The van der Waals surface area contributed by atoms with Gasteiger partial charge in [0, 0.05) is 48.6 Å². The summed E-state index contributed by atoms with van der Waals surface area (Å²) in [5.41, 5.74) is 24.6. The van der Waals surface area contributed by atoms with Crippen molar-refractivity contribution in [2.75, 3.05) is 9.80 Å². The highest BCUT2D eigenvalue weighted by atomic mass is 79.9. The predicted molar refractivity (Wildman–Crippen MR) is 305 cm³/mol. The molecule has 0 bridgehead atoms. The molecule has 9 rings (SSSR count). The highest BCUT2D eigenvalue weighted by molar-refractivity contribution is 9.10. The van der Waals surface area contributed by atoms with E-state index in [0.717, 1.165) is 38.5 Å². The highest BCUT2D eigenvalue weighted by Gasteiger charge is 2.17. The minimum Gasteiger partial charge on any atom is -0.310 e. The van der Waals surface area contributed by atoms with Crippen LogP contribution < -0.4 is 9.80 Å². The molecule has 0 spiro atoms. The van der Waals surface area contributed by atoms with E-state index >= 15 is 0 Å². The van der Waals surface area contributed by atoms with E-state index < -0.39 is 0 Å². The van der Waals surface area contributed by atoms with Crippen molar-refractivity contribution in [3.63, 3.8) is 0 Å². The molecule has 0 aromatic heterocycles. The minimum atomic E-state index is 0.727. The van der Waals surface area contributed by atoms with E-state index in [-0.39, 0.29) is 0 Å². The molecule has 0 unspecified atom stereocenters. The van der Waals surface area contributed by atoms with Crippen LogP contribution in [0.4, 0.5) is 34.1 Å². The first-order chi connectivity index (χ1) is 33.0. The average molecular weight is 1010 g/mol. The fraction of sp³-hybridized carbons (Fsp3) is 0.156. The summed E-state index contributed by atoms with van der Waals surface area (Å²) >= 11 is 15.5. The van der Waals surface area contributed by atoms with E-state index in [1.54, 1.807) is 0 Å². The van der Waals surface area contributed by atoms with Crippen LogP contribution in [0, 0.1) is 69.2 Å². The van der Waals surface area contributed by atoms with Crippen molar-refractivity contribution in [3.8, 4) is 22.3 Å². The Labute approximate surface area is 430 Å². The molecule has 0 aliphatic carbocycles. The lowest BCUT2D eigenvalue weighted by Gasteiger charge is -2.28. The maximum absolute atomic E-state index is 6.05. The van der Waals surface area contributed by atoms with E-state index in [2.05, 4.69) is 234 Å². The molecule has 69 heavy (non-hydrogen) atoms. The van der Waals surface area contributed by atoms with Crippen LogP contribution in [-0.2, 0) is 0 Å². The van der Waals surface area contributed by atoms with Crippen LogP contribution in [0.25, 0.3) is 22.3 Å². The van der Waals surface area contributed by atoms with Crippen LogP contribution in [0.15, 0.2) is 193 Å². The molecule has 0 saturated carbocycles. The van der Waals surface area contributed by atoms with Crippen LogP contribution in [0.5, 0.6) is 0 Å². The van der Waals surface area contributed by atoms with Crippen LogP contribution in [-0.4, -0.2) is 0 Å². The zero-order valence-corrected chi connectivity index (χ0v) is 44.5. The lowest BCUT2D eigenvalue weighted by Crippen LogP contribution is -2.11. The van der Waals surface area contributed by atoms with E-state index in [1.165, 1.54) is 88.0 Å². The van der Waals surface area contributed by atoms with Gasteiger partial charge in [0.05, 0.1) is 0 Å². The van der Waals surface area contributed by atoms with Gasteiger partial charge in [0.15, 0.2) is 0 Å². The average Bonchev–Trinajstić information content (AvgIpc) is 3.31. The number of aryl methyl sites for hydroxylation is 10. The van der Waals surface area contributed by atoms with Crippen LogP contribution in [0.1, 0.15) is 55.6 Å². The predicted octanol–water partition coefficient (Wildman–Crippen LogP) is 20.5. The number of anilines is 6. The van der Waals surface area contributed by atoms with Crippen molar-refractivity contribution < 1.29 is 0 Å². The summed E-state index contributed by atoms with van der Waals surface area (Å²) in [6, 6.07) is 66.5. The SMILES string of the molecule is Cc1ccc(-c2ccc(N(c3ccc(-c4ccc(C)cc4C)cc3)c3ccc(C)cc3C)cc2)c(C)c1.Cc1ccc(Br)c(C)c1.Cc1ccc(N(c2ccc(Cl)cc2)c2ccc(Cl)cc2)c(C)c1. The van der Waals surface area contributed by atoms with Gasteiger partial charge in [0.2, 0.25) is 0 Å². The van der Waals surface area contributed by atoms with Crippen molar-refractivity contribution in [2.45, 2.75) is 69.2 Å². The Morgan fingerprint density at radius 3 is 0.855 bits per heavy atom. The van der Waals surface area contributed by atoms with E-state index in [4.69, 9.17) is 23.2 Å². The zero-order valence-electron chi connectivity index (χ0n) is 41.4. The quantitative estimate of drug-likeness (QED) is 0.150. The fourth-order valence-electron chi connectivity index (χ4n) is 8.80. The molecule has 0 amide bonds. The largest absolute Gasteiger partial charge is 0.310 e. The number of hydrogen-bond acceptors (Lipinski definition) is 2. The Morgan fingerprint density at radius 2 is 0.565 bits per heavy atom. The summed E-state index contributed by atoms with van der Waals surface area (Å²) in [7, 11) is 0. The van der Waals surface area contributed by atoms with Gasteiger partial charge >= 0.3 is 0 Å². The number of hydrogen-bond donors (Lipinski definition) is 0. The molecule has 2 nitrogen and oxygen atoms in total. The highest BCUT2D eigenvalue weighted by Crippen LogP contribution is 2.40. The summed E-state index contributed by atoms with van der Waals surface area (Å²) in [4.78, 5) is 4.58. The third-order valence-corrected chi connectivity index (χ3v) is 13.7. The first-order valence-electron chi connectivity index (χ1n) is 23.4. The maximum atomic E-state index is 6.05. The smallest absolute Gasteiger partial charge is 0.0490 e. The molecule has 0 radical (unpaired) electrons. The van der Waals surface area contributed by atoms with Crippen LogP contribution >= 0.6 is 39.1 Å². The van der Waals surface area contributed by atoms with Gasteiger partial charge in [0.25, 0.3) is 0 Å². The van der Waals surface area contributed by atoms with Crippen LogP contribution in [0.2, 0.25) is 10.0 Å². The first kappa shape index (κ1) is 50.5. The molecule has 5 heteroatoms. The summed E-state index contributed by atoms with van der Waals surface area (Å²) in [6.07, 6.45) is 0. The van der Waals surface area contributed by atoms with E-state index in [9.17, 15) is 0 Å². The molecule has 0 heterocycles. The van der Waals surface area contributed by atoms with Gasteiger partial charge in [0.1, 0.15) is 0 Å². The Bertz CT molecular complexity index is 3030. The van der Waals surface area contributed by atoms with Gasteiger partial charge < -0.3 is 9.80 Å².